The lowest BCUT2D eigenvalue weighted by atomic mass is 10.0. The molecule has 0 unspecified atom stereocenters. The molecule has 29 heavy (non-hydrogen) atoms. The summed E-state index contributed by atoms with van der Waals surface area (Å²) in [7, 11) is 0. The van der Waals surface area contributed by atoms with E-state index in [0.717, 1.165) is 11.4 Å². The summed E-state index contributed by atoms with van der Waals surface area (Å²) >= 11 is 5.53. The first-order chi connectivity index (χ1) is 14.1. The fourth-order valence-electron chi connectivity index (χ4n) is 3.70. The van der Waals surface area contributed by atoms with Crippen molar-refractivity contribution >= 4 is 23.0 Å². The highest BCUT2D eigenvalue weighted by atomic mass is 32.1. The maximum Gasteiger partial charge on any atom is 0.271 e. The third-order valence-electron chi connectivity index (χ3n) is 4.94. The number of nitrogens with zero attached hydrogens (tertiary/aromatic N) is 4. The summed E-state index contributed by atoms with van der Waals surface area (Å²) in [4.78, 5) is 17.2. The highest BCUT2D eigenvalue weighted by Gasteiger charge is 2.40. The fourth-order valence-corrected chi connectivity index (χ4v) is 4.03. The van der Waals surface area contributed by atoms with E-state index in [4.69, 9.17) is 12.2 Å². The lowest BCUT2D eigenvalue weighted by molar-refractivity contribution is -0.384. The van der Waals surface area contributed by atoms with Gasteiger partial charge in [-0.1, -0.05) is 12.1 Å². The average Bonchev–Trinajstić information content (AvgIpc) is 3.34. The number of nitro groups is 1. The van der Waals surface area contributed by atoms with E-state index in [2.05, 4.69) is 10.3 Å². The summed E-state index contributed by atoms with van der Waals surface area (Å²) < 4.78 is 1.91. The van der Waals surface area contributed by atoms with Gasteiger partial charge in [-0.2, -0.15) is 0 Å². The van der Waals surface area contributed by atoms with Gasteiger partial charge in [-0.25, -0.2) is 0 Å². The molecule has 0 bridgehead atoms. The van der Waals surface area contributed by atoms with Gasteiger partial charge in [-0.05, 0) is 42.5 Å². The summed E-state index contributed by atoms with van der Waals surface area (Å²) in [6, 6.07) is 15.6. The second-order valence-electron chi connectivity index (χ2n) is 6.62. The topological polar surface area (TPSA) is 96.5 Å². The van der Waals surface area contributed by atoms with Gasteiger partial charge < -0.3 is 19.9 Å². The molecule has 0 radical (unpaired) electrons. The Morgan fingerprint density at radius 1 is 1.21 bits per heavy atom. The molecule has 1 aliphatic rings. The molecule has 2 aromatic heterocycles. The van der Waals surface area contributed by atoms with Crippen LogP contribution < -0.4 is 5.32 Å². The minimum atomic E-state index is -0.409. The minimum absolute atomic E-state index is 0.0238. The van der Waals surface area contributed by atoms with Crippen LogP contribution >= 0.6 is 12.2 Å². The Kier molecular flexibility index (Phi) is 5.24. The number of aliphatic hydroxyl groups excluding tert-OH is 1. The molecule has 8 nitrogen and oxygen atoms in total. The molecule has 1 aliphatic heterocycles. The number of β-amino-alcohol motifs (C(OH)–C–C–N with tert-alkyl or cyclic N) is 1. The van der Waals surface area contributed by atoms with Crippen molar-refractivity contribution in [1.29, 1.82) is 0 Å². The number of aromatic nitrogens is 2. The van der Waals surface area contributed by atoms with Gasteiger partial charge in [0.05, 0.1) is 35.0 Å². The zero-order chi connectivity index (χ0) is 20.4. The molecule has 2 atom stereocenters. The van der Waals surface area contributed by atoms with Gasteiger partial charge in [0, 0.05) is 36.8 Å². The van der Waals surface area contributed by atoms with Crippen LogP contribution in [0.4, 0.5) is 5.69 Å². The van der Waals surface area contributed by atoms with Crippen LogP contribution in [0.2, 0.25) is 0 Å². The first kappa shape index (κ1) is 19.0. The van der Waals surface area contributed by atoms with Crippen molar-refractivity contribution in [2.75, 3.05) is 13.2 Å². The lowest BCUT2D eigenvalue weighted by Gasteiger charge is -2.28. The van der Waals surface area contributed by atoms with Crippen LogP contribution in [-0.4, -0.2) is 42.7 Å². The highest BCUT2D eigenvalue weighted by molar-refractivity contribution is 7.80. The summed E-state index contributed by atoms with van der Waals surface area (Å²) in [6.45, 7) is 0.310. The van der Waals surface area contributed by atoms with Gasteiger partial charge in [0.15, 0.2) is 5.11 Å². The number of nitro benzene ring substituents is 1. The lowest BCUT2D eigenvalue weighted by Crippen LogP contribution is -2.32. The molecule has 0 aliphatic carbocycles. The van der Waals surface area contributed by atoms with Gasteiger partial charge in [-0.15, -0.1) is 0 Å². The Hall–Kier alpha value is -3.30. The second-order valence-corrected chi connectivity index (χ2v) is 7.01. The van der Waals surface area contributed by atoms with Crippen LogP contribution in [0.1, 0.15) is 23.5 Å². The molecule has 1 fully saturated rings. The van der Waals surface area contributed by atoms with Gasteiger partial charge in [-0.3, -0.25) is 15.1 Å². The third-order valence-corrected chi connectivity index (χ3v) is 5.29. The van der Waals surface area contributed by atoms with Crippen molar-refractivity contribution in [1.82, 2.24) is 19.8 Å². The van der Waals surface area contributed by atoms with Gasteiger partial charge in [0.2, 0.25) is 0 Å². The summed E-state index contributed by atoms with van der Waals surface area (Å²) in [5, 5.41) is 24.6. The van der Waals surface area contributed by atoms with E-state index in [0.29, 0.717) is 17.3 Å². The number of non-ortho nitro benzene ring substituents is 1. The average molecular weight is 409 g/mol. The van der Waals surface area contributed by atoms with Crippen LogP contribution in [0.5, 0.6) is 0 Å². The van der Waals surface area contributed by atoms with Crippen molar-refractivity contribution in [3.8, 4) is 5.69 Å². The first-order valence-electron chi connectivity index (χ1n) is 9.11. The number of benzene rings is 1. The van der Waals surface area contributed by atoms with Crippen molar-refractivity contribution in [2.45, 2.75) is 12.1 Å². The molecule has 3 aromatic rings. The van der Waals surface area contributed by atoms with Crippen LogP contribution in [0.3, 0.4) is 0 Å². The smallest absolute Gasteiger partial charge is 0.271 e. The zero-order valence-electron chi connectivity index (χ0n) is 15.4. The van der Waals surface area contributed by atoms with E-state index in [1.807, 2.05) is 52.1 Å². The Morgan fingerprint density at radius 3 is 2.79 bits per heavy atom. The number of hydrogen-bond donors (Lipinski definition) is 2. The number of nitrogens with one attached hydrogen (secondary N) is 1. The van der Waals surface area contributed by atoms with E-state index in [1.165, 1.54) is 12.1 Å². The number of pyridine rings is 1. The summed E-state index contributed by atoms with van der Waals surface area (Å²) in [5.74, 6) is 0. The maximum absolute atomic E-state index is 11.2. The molecule has 3 heterocycles. The first-order valence-corrected chi connectivity index (χ1v) is 9.52. The van der Waals surface area contributed by atoms with E-state index >= 15 is 0 Å². The van der Waals surface area contributed by atoms with Crippen LogP contribution in [0.25, 0.3) is 5.69 Å². The summed E-state index contributed by atoms with van der Waals surface area (Å²) in [6.07, 6.45) is 3.59. The molecule has 148 valence electrons. The second kappa shape index (κ2) is 7.98. The molecule has 2 N–H and O–H groups in total. The minimum Gasteiger partial charge on any atom is -0.395 e. The predicted octanol–water partition coefficient (Wildman–Crippen LogP) is 2.75. The third kappa shape index (κ3) is 3.57. The molecule has 0 amide bonds. The van der Waals surface area contributed by atoms with Crippen LogP contribution in [-0.2, 0) is 0 Å². The molecular formula is C20H19N5O3S. The number of thiocarbonyl (C=S) groups is 1. The molecule has 1 saturated heterocycles. The van der Waals surface area contributed by atoms with Crippen molar-refractivity contribution in [3.63, 3.8) is 0 Å². The highest BCUT2D eigenvalue weighted by Crippen LogP contribution is 2.39. The van der Waals surface area contributed by atoms with Crippen LogP contribution in [0, 0.1) is 10.1 Å². The Labute approximate surface area is 172 Å². The number of aliphatic hydroxyl groups is 1. The summed E-state index contributed by atoms with van der Waals surface area (Å²) in [5.41, 5.74) is 2.42. The van der Waals surface area contributed by atoms with Gasteiger partial charge in [0.25, 0.3) is 5.69 Å². The van der Waals surface area contributed by atoms with E-state index < -0.39 is 4.92 Å². The van der Waals surface area contributed by atoms with E-state index in [-0.39, 0.29) is 24.4 Å². The maximum atomic E-state index is 11.2. The molecule has 0 saturated carbocycles. The van der Waals surface area contributed by atoms with Gasteiger partial charge >= 0.3 is 0 Å². The van der Waals surface area contributed by atoms with Crippen molar-refractivity contribution in [2.24, 2.45) is 0 Å². The largest absolute Gasteiger partial charge is 0.395 e. The molecule has 1 aromatic carbocycles. The zero-order valence-corrected chi connectivity index (χ0v) is 16.2. The standard InChI is InChI=1S/C20H19N5O3S/c26-12-11-24-19(18(22-20(24)29)16-7-1-2-9-21-16)17-8-4-10-23(17)14-5-3-6-15(13-14)25(27)28/h1-10,13,18-19,26H,11-12H2,(H,22,29)/t18-,19+/m1/s1. The van der Waals surface area contributed by atoms with Crippen LogP contribution in [0.15, 0.2) is 67.0 Å². The Bertz CT molecular complexity index is 1040. The van der Waals surface area contributed by atoms with E-state index in [1.54, 1.807) is 12.3 Å². The fraction of sp³-hybridized carbons (Fsp3) is 0.200. The Morgan fingerprint density at radius 2 is 2.07 bits per heavy atom. The SMILES string of the molecule is O=[N+]([O-])c1cccc(-n2cccc2[C@H]2[C@@H](c3ccccn3)NC(=S)N2CCO)c1. The Balaban J connectivity index is 1.81. The molecule has 9 heteroatoms. The normalized spacial score (nSPS) is 18.7. The van der Waals surface area contributed by atoms with Gasteiger partial charge in [0.1, 0.15) is 0 Å². The van der Waals surface area contributed by atoms with Crippen molar-refractivity contribution < 1.29 is 10.0 Å². The monoisotopic (exact) mass is 409 g/mol. The molecule has 4 rings (SSSR count). The van der Waals surface area contributed by atoms with Crippen molar-refractivity contribution in [3.05, 3.63) is 88.5 Å². The molecule has 0 spiro atoms. The number of hydrogen-bond acceptors (Lipinski definition) is 5. The number of rotatable bonds is 6. The molecular weight excluding hydrogens is 390 g/mol. The predicted molar refractivity (Wildman–Crippen MR) is 112 cm³/mol. The quantitative estimate of drug-likeness (QED) is 0.367. The van der Waals surface area contributed by atoms with E-state index in [9.17, 15) is 15.2 Å².